The minimum atomic E-state index is -0.311. The smallest absolute Gasteiger partial charge is 0.333 e. The molecule has 0 spiro atoms. The number of hydrogen-bond donors (Lipinski definition) is 0. The molecule has 0 saturated heterocycles. The molecule has 0 radical (unpaired) electrons. The maximum Gasteiger partial charge on any atom is 0.333 e. The Morgan fingerprint density at radius 2 is 1.17 bits per heavy atom. The van der Waals surface area contributed by atoms with E-state index in [0.29, 0.717) is 0 Å². The number of terminal acetylenes is 1. The summed E-state index contributed by atoms with van der Waals surface area (Å²) in [5.41, 5.74) is 31.5. The van der Waals surface area contributed by atoms with Gasteiger partial charge in [-0.25, -0.2) is 0 Å². The summed E-state index contributed by atoms with van der Waals surface area (Å²) in [6.07, 6.45) is 22.4. The molecule has 5 aromatic rings. The van der Waals surface area contributed by atoms with Gasteiger partial charge in [0.15, 0.2) is 0 Å². The fraction of sp³-hybridized carbons (Fsp3) is 0.459. The Balaban J connectivity index is 1.25. The second-order valence-electron chi connectivity index (χ2n) is 30.4. The first-order valence-corrected chi connectivity index (χ1v) is 29.7. The summed E-state index contributed by atoms with van der Waals surface area (Å²) < 4.78 is 0. The highest BCUT2D eigenvalue weighted by Gasteiger charge is 2.55. The highest BCUT2D eigenvalue weighted by molar-refractivity contribution is 6.93. The zero-order valence-corrected chi connectivity index (χ0v) is 50.2. The molecule has 0 fully saturated rings. The van der Waals surface area contributed by atoms with Gasteiger partial charge in [0.25, 0.3) is 0 Å². The zero-order chi connectivity index (χ0) is 54.9. The summed E-state index contributed by atoms with van der Waals surface area (Å²) in [5.74, 6) is 3.70. The average Bonchev–Trinajstić information content (AvgIpc) is 4.00. The van der Waals surface area contributed by atoms with Crippen LogP contribution in [0.3, 0.4) is 0 Å². The highest BCUT2D eigenvalue weighted by Crippen LogP contribution is 2.63. The van der Waals surface area contributed by atoms with Crippen LogP contribution in [-0.4, -0.2) is 6.85 Å². The van der Waals surface area contributed by atoms with Crippen LogP contribution in [0.2, 0.25) is 0 Å². The molecular weight excluding hydrogens is 928 g/mol. The lowest BCUT2D eigenvalue weighted by molar-refractivity contribution is 0.251. The minimum absolute atomic E-state index is 0.0156. The first-order chi connectivity index (χ1) is 36.0. The minimum Gasteiger partial charge on any atom is -0.376 e. The third kappa shape index (κ3) is 6.69. The number of anilines is 4. The highest BCUT2D eigenvalue weighted by atomic mass is 15.2. The van der Waals surface area contributed by atoms with Crippen LogP contribution in [0.25, 0.3) is 27.8 Å². The maximum atomic E-state index is 7.03. The molecule has 13 rings (SSSR count). The van der Waals surface area contributed by atoms with Gasteiger partial charge in [-0.1, -0.05) is 184 Å². The number of hydrogen-bond acceptors (Lipinski definition) is 2. The van der Waals surface area contributed by atoms with E-state index in [2.05, 4.69) is 231 Å². The Morgan fingerprint density at radius 1 is 0.571 bits per heavy atom. The van der Waals surface area contributed by atoms with Gasteiger partial charge in [-0.15, -0.1) is 6.42 Å². The lowest BCUT2D eigenvalue weighted by Gasteiger charge is -2.52. The lowest BCUT2D eigenvalue weighted by Crippen LogP contribution is -2.63. The van der Waals surface area contributed by atoms with Crippen molar-refractivity contribution in [3.63, 3.8) is 0 Å². The van der Waals surface area contributed by atoms with Crippen LogP contribution in [0.4, 0.5) is 22.7 Å². The van der Waals surface area contributed by atoms with Crippen LogP contribution in [0.5, 0.6) is 0 Å². The summed E-state index contributed by atoms with van der Waals surface area (Å²) >= 11 is 0. The molecule has 2 nitrogen and oxygen atoms in total. The molecule has 77 heavy (non-hydrogen) atoms. The number of benzene rings is 5. The predicted molar refractivity (Wildman–Crippen MR) is 331 cm³/mol. The van der Waals surface area contributed by atoms with Crippen molar-refractivity contribution in [1.29, 1.82) is 0 Å². The fourth-order valence-corrected chi connectivity index (χ4v) is 17.0. The third-order valence-electron chi connectivity index (χ3n) is 22.1. The molecule has 5 aromatic carbocycles. The Kier molecular flexibility index (Phi) is 10.4. The van der Waals surface area contributed by atoms with E-state index < -0.39 is 0 Å². The van der Waals surface area contributed by atoms with Gasteiger partial charge in [-0.05, 0) is 198 Å². The molecular formula is C74H85BN2. The molecule has 6 aliphatic carbocycles. The monoisotopic (exact) mass is 1010 g/mol. The summed E-state index contributed by atoms with van der Waals surface area (Å²) in [7, 11) is 0. The fourth-order valence-electron chi connectivity index (χ4n) is 17.0. The maximum absolute atomic E-state index is 7.03. The van der Waals surface area contributed by atoms with Crippen LogP contribution >= 0.6 is 0 Å². The Labute approximate surface area is 464 Å². The number of rotatable bonds is 3. The topological polar surface area (TPSA) is 6.48 Å². The molecule has 1 atom stereocenters. The van der Waals surface area contributed by atoms with Crippen molar-refractivity contribution in [2.75, 3.05) is 9.71 Å². The zero-order valence-electron chi connectivity index (χ0n) is 50.2. The Morgan fingerprint density at radius 3 is 1.83 bits per heavy atom. The van der Waals surface area contributed by atoms with E-state index in [1.54, 1.807) is 11.1 Å². The predicted octanol–water partition coefficient (Wildman–Crippen LogP) is 18.4. The molecule has 0 amide bonds. The van der Waals surface area contributed by atoms with Crippen molar-refractivity contribution in [2.45, 2.75) is 202 Å². The normalized spacial score (nSPS) is 24.1. The van der Waals surface area contributed by atoms with Crippen molar-refractivity contribution < 1.29 is 0 Å². The van der Waals surface area contributed by atoms with Gasteiger partial charge < -0.3 is 9.71 Å². The van der Waals surface area contributed by atoms with Crippen molar-refractivity contribution in [3.05, 3.63) is 158 Å². The SMILES string of the molecule is C#CC1=C(/C=C\C)C(C)(C)c2ccc3c(c21)N(C1=CC2=C(CC1C)C(C)(C)CCC2(C)C)c1c2c(cc4c1C(C)(C)c1ccccc1-4)-c1cc4c(cc1N(c1ccc5c(c1)C(C)(C)CCC5(C)C)B32)C(C)(C)CCC4(C)C. The van der Waals surface area contributed by atoms with Gasteiger partial charge in [0.05, 0.1) is 5.69 Å². The van der Waals surface area contributed by atoms with Crippen LogP contribution in [0.15, 0.2) is 113 Å². The van der Waals surface area contributed by atoms with E-state index in [-0.39, 0.29) is 56.1 Å². The molecule has 1 unspecified atom stereocenters. The first-order valence-electron chi connectivity index (χ1n) is 29.7. The Bertz CT molecular complexity index is 3670. The van der Waals surface area contributed by atoms with Crippen LogP contribution in [0.1, 0.15) is 214 Å². The van der Waals surface area contributed by atoms with Crippen molar-refractivity contribution >= 4 is 46.1 Å². The first kappa shape index (κ1) is 50.8. The molecule has 2 aliphatic heterocycles. The molecule has 3 heteroatoms. The largest absolute Gasteiger partial charge is 0.376 e. The quantitative estimate of drug-likeness (QED) is 0.131. The van der Waals surface area contributed by atoms with E-state index in [1.165, 1.54) is 131 Å². The number of fused-ring (bicyclic) bond motifs is 12. The molecule has 0 aromatic heterocycles. The summed E-state index contributed by atoms with van der Waals surface area (Å²) in [4.78, 5) is 5.75. The van der Waals surface area contributed by atoms with Crippen LogP contribution in [-0.2, 0) is 32.5 Å². The van der Waals surface area contributed by atoms with Gasteiger partial charge in [-0.3, -0.25) is 0 Å². The van der Waals surface area contributed by atoms with Crippen LogP contribution < -0.4 is 20.6 Å². The lowest BCUT2D eigenvalue weighted by atomic mass is 9.42. The van der Waals surface area contributed by atoms with Gasteiger partial charge >= 0.3 is 6.85 Å². The standard InChI is InChI=1S/C74H85BN2/c1-20-24-50-45(21-2)62-53(73(50,16)17)29-30-59-65(62)76(60-41-57-54(37-43(60)3)68(6,7)33-35-71(57,12)13)66-63-48(46-25-22-23-26-51(46)74(63,18)19)39-49-47-40-56-58(72(14,15)36-34-70(56,10)11)42-61(47)77(75(59)64(49)66)44-27-28-52-55(38-44)69(8,9)32-31-67(52,4)5/h2,20,22-30,38-43H,31-37H2,1,3-19H3/b24-20-. The molecule has 8 aliphatic rings. The summed E-state index contributed by atoms with van der Waals surface area (Å²) in [6, 6.07) is 30.2. The molecule has 0 saturated carbocycles. The van der Waals surface area contributed by atoms with Crippen LogP contribution in [0, 0.1) is 29.1 Å². The van der Waals surface area contributed by atoms with Gasteiger partial charge in [0.1, 0.15) is 0 Å². The second-order valence-corrected chi connectivity index (χ2v) is 30.4. The number of allylic oxidation sites excluding steroid dienone is 8. The molecule has 0 bridgehead atoms. The molecule has 2 heterocycles. The summed E-state index contributed by atoms with van der Waals surface area (Å²) in [5, 5.41) is 0. The number of nitrogens with zero attached hydrogens (tertiary/aromatic N) is 2. The van der Waals surface area contributed by atoms with Gasteiger partial charge in [-0.2, -0.15) is 0 Å². The molecule has 0 N–H and O–H groups in total. The second kappa shape index (κ2) is 15.8. The van der Waals surface area contributed by atoms with E-state index >= 15 is 0 Å². The van der Waals surface area contributed by atoms with Crippen molar-refractivity contribution in [1.82, 2.24) is 0 Å². The molecule has 394 valence electrons. The van der Waals surface area contributed by atoms with Gasteiger partial charge in [0.2, 0.25) is 0 Å². The van der Waals surface area contributed by atoms with E-state index in [4.69, 9.17) is 6.42 Å². The third-order valence-corrected chi connectivity index (χ3v) is 22.1. The van der Waals surface area contributed by atoms with E-state index in [0.717, 1.165) is 31.3 Å². The van der Waals surface area contributed by atoms with Gasteiger partial charge in [0, 0.05) is 56.2 Å². The van der Waals surface area contributed by atoms with Crippen molar-refractivity contribution in [2.24, 2.45) is 16.7 Å². The van der Waals surface area contributed by atoms with Crippen molar-refractivity contribution in [3.8, 4) is 34.6 Å². The summed E-state index contributed by atoms with van der Waals surface area (Å²) in [6.45, 7) is 44.4. The van der Waals surface area contributed by atoms with E-state index in [1.807, 2.05) is 0 Å². The van der Waals surface area contributed by atoms with E-state index in [9.17, 15) is 0 Å². The Hall–Kier alpha value is -5.72. The average molecular weight is 1010 g/mol.